The minimum atomic E-state index is -3.82. The Morgan fingerprint density at radius 3 is 2.09 bits per heavy atom. The smallest absolute Gasteiger partial charge is 0.244 e. The molecule has 0 aliphatic heterocycles. The van der Waals surface area contributed by atoms with Gasteiger partial charge in [-0.3, -0.25) is 9.10 Å². The zero-order valence-electron chi connectivity index (χ0n) is 18.9. The Bertz CT molecular complexity index is 1150. The van der Waals surface area contributed by atoms with Crippen LogP contribution in [0.15, 0.2) is 53.4 Å². The summed E-state index contributed by atoms with van der Waals surface area (Å²) in [4.78, 5) is 12.8. The first-order chi connectivity index (χ1) is 15.4. The summed E-state index contributed by atoms with van der Waals surface area (Å²) in [6.07, 6.45) is 1.18. The number of anilines is 1. The van der Waals surface area contributed by atoms with Crippen molar-refractivity contribution in [1.29, 1.82) is 0 Å². The number of rotatable bonds is 11. The summed E-state index contributed by atoms with van der Waals surface area (Å²) in [5, 5.41) is 2.64. The summed E-state index contributed by atoms with van der Waals surface area (Å²) >= 11 is 0. The molecular weight excluding hydrogens is 473 g/mol. The number of carbonyl (C=O) groups is 1. The number of hydrogen-bond acceptors (Lipinski definition) is 6. The number of nitrogens with zero attached hydrogens (tertiary/aromatic N) is 2. The van der Waals surface area contributed by atoms with Gasteiger partial charge in [0.05, 0.1) is 23.4 Å². The zero-order chi connectivity index (χ0) is 24.8. The number of hydrogen-bond donors (Lipinski definition) is 1. The molecule has 0 aliphatic rings. The molecule has 0 aromatic heterocycles. The average molecular weight is 502 g/mol. The molecule has 2 aromatic carbocycles. The molecule has 0 spiro atoms. The van der Waals surface area contributed by atoms with Crippen LogP contribution < -0.4 is 14.4 Å². The van der Waals surface area contributed by atoms with Crippen LogP contribution in [-0.2, 0) is 24.8 Å². The molecule has 12 heteroatoms. The molecule has 1 amide bonds. The van der Waals surface area contributed by atoms with Crippen LogP contribution in [0.5, 0.6) is 5.75 Å². The van der Waals surface area contributed by atoms with Crippen LogP contribution in [0.3, 0.4) is 0 Å². The first-order valence-electron chi connectivity index (χ1n) is 10.1. The van der Waals surface area contributed by atoms with Crippen LogP contribution in [0.4, 0.5) is 10.1 Å². The highest BCUT2D eigenvalue weighted by atomic mass is 32.2. The lowest BCUT2D eigenvalue weighted by Crippen LogP contribution is -2.50. The van der Waals surface area contributed by atoms with Crippen LogP contribution in [0, 0.1) is 5.82 Å². The van der Waals surface area contributed by atoms with Crippen LogP contribution in [0.1, 0.15) is 13.3 Å². The van der Waals surface area contributed by atoms with E-state index in [0.29, 0.717) is 5.75 Å². The van der Waals surface area contributed by atoms with E-state index in [-0.39, 0.29) is 30.2 Å². The minimum absolute atomic E-state index is 0.0807. The number of ether oxygens (including phenoxy) is 1. The summed E-state index contributed by atoms with van der Waals surface area (Å²) in [6.45, 7) is 1.84. The Labute approximate surface area is 194 Å². The van der Waals surface area contributed by atoms with Crippen molar-refractivity contribution >= 4 is 31.6 Å². The van der Waals surface area contributed by atoms with Gasteiger partial charge in [0.25, 0.3) is 0 Å². The fourth-order valence-electron chi connectivity index (χ4n) is 3.03. The fourth-order valence-corrected chi connectivity index (χ4v) is 5.14. The molecule has 2 rings (SSSR count). The van der Waals surface area contributed by atoms with Crippen LogP contribution in [-0.4, -0.2) is 66.6 Å². The van der Waals surface area contributed by atoms with Gasteiger partial charge in [-0.05, 0) is 55.0 Å². The molecule has 0 unspecified atom stereocenters. The molecule has 2 aromatic rings. The van der Waals surface area contributed by atoms with Crippen molar-refractivity contribution in [2.45, 2.75) is 24.3 Å². The molecule has 0 fully saturated rings. The largest absolute Gasteiger partial charge is 0.492 e. The average Bonchev–Trinajstić information content (AvgIpc) is 2.75. The van der Waals surface area contributed by atoms with E-state index in [1.165, 1.54) is 50.5 Å². The second kappa shape index (κ2) is 10.9. The molecule has 0 aliphatic carbocycles. The Balaban J connectivity index is 2.00. The molecule has 0 heterocycles. The maximum atomic E-state index is 13.3. The third kappa shape index (κ3) is 6.89. The predicted molar refractivity (Wildman–Crippen MR) is 124 cm³/mol. The topological polar surface area (TPSA) is 113 Å². The quantitative estimate of drug-likeness (QED) is 0.470. The molecular formula is C21H28FN3O6S2. The van der Waals surface area contributed by atoms with E-state index in [9.17, 15) is 26.0 Å². The van der Waals surface area contributed by atoms with Gasteiger partial charge in [-0.1, -0.05) is 6.92 Å². The van der Waals surface area contributed by atoms with Gasteiger partial charge in [0.2, 0.25) is 26.0 Å². The van der Waals surface area contributed by atoms with Gasteiger partial charge < -0.3 is 10.1 Å². The van der Waals surface area contributed by atoms with E-state index in [0.717, 1.165) is 27.0 Å². The van der Waals surface area contributed by atoms with Gasteiger partial charge in [-0.2, -0.15) is 0 Å². The number of amides is 1. The molecule has 0 bridgehead atoms. The Morgan fingerprint density at radius 2 is 1.61 bits per heavy atom. The molecule has 0 saturated heterocycles. The third-order valence-corrected chi connectivity index (χ3v) is 7.69. The summed E-state index contributed by atoms with van der Waals surface area (Å²) in [5.41, 5.74) is 0.185. The van der Waals surface area contributed by atoms with Crippen molar-refractivity contribution in [1.82, 2.24) is 9.62 Å². The lowest BCUT2D eigenvalue weighted by atomic mass is 10.2. The van der Waals surface area contributed by atoms with Gasteiger partial charge in [-0.15, -0.1) is 0 Å². The van der Waals surface area contributed by atoms with Crippen molar-refractivity contribution in [3.8, 4) is 5.75 Å². The van der Waals surface area contributed by atoms with Crippen molar-refractivity contribution in [3.63, 3.8) is 0 Å². The van der Waals surface area contributed by atoms with Crippen molar-refractivity contribution < 1.29 is 30.8 Å². The van der Waals surface area contributed by atoms with Gasteiger partial charge in [0.15, 0.2) is 0 Å². The first-order valence-corrected chi connectivity index (χ1v) is 13.3. The zero-order valence-corrected chi connectivity index (χ0v) is 20.5. The number of benzene rings is 2. The summed E-state index contributed by atoms with van der Waals surface area (Å²) in [5.74, 6) is -0.629. The molecule has 182 valence electrons. The molecule has 1 N–H and O–H groups in total. The van der Waals surface area contributed by atoms with Crippen molar-refractivity contribution in [3.05, 3.63) is 54.3 Å². The maximum Gasteiger partial charge on any atom is 0.244 e. The number of nitrogens with one attached hydrogen (secondary N) is 1. The van der Waals surface area contributed by atoms with E-state index >= 15 is 0 Å². The number of sulfonamides is 2. The number of halogens is 1. The van der Waals surface area contributed by atoms with Crippen molar-refractivity contribution in [2.24, 2.45) is 0 Å². The van der Waals surface area contributed by atoms with Gasteiger partial charge in [0.1, 0.15) is 24.2 Å². The highest BCUT2D eigenvalue weighted by molar-refractivity contribution is 7.92. The van der Waals surface area contributed by atoms with Crippen LogP contribution in [0.2, 0.25) is 0 Å². The van der Waals surface area contributed by atoms with Crippen LogP contribution in [0.25, 0.3) is 0 Å². The maximum absolute atomic E-state index is 13.3. The van der Waals surface area contributed by atoms with E-state index in [1.54, 1.807) is 6.92 Å². The fraction of sp³-hybridized carbons (Fsp3) is 0.381. The molecule has 0 saturated carbocycles. The SMILES string of the molecule is CC[C@@H](C(=O)NCCOc1ccc(S(=O)(=O)N(C)C)cc1)N(c1ccc(F)cc1)S(C)(=O)=O. The lowest BCUT2D eigenvalue weighted by Gasteiger charge is -2.30. The highest BCUT2D eigenvalue weighted by Gasteiger charge is 2.31. The Morgan fingerprint density at radius 1 is 1.03 bits per heavy atom. The Hall–Kier alpha value is -2.70. The van der Waals surface area contributed by atoms with Gasteiger partial charge in [0, 0.05) is 14.1 Å². The summed E-state index contributed by atoms with van der Waals surface area (Å²) in [6, 6.07) is 9.68. The van der Waals surface area contributed by atoms with E-state index in [1.807, 2.05) is 0 Å². The monoisotopic (exact) mass is 501 g/mol. The predicted octanol–water partition coefficient (Wildman–Crippen LogP) is 1.82. The van der Waals surface area contributed by atoms with E-state index in [2.05, 4.69) is 5.32 Å². The lowest BCUT2D eigenvalue weighted by molar-refractivity contribution is -0.122. The second-order valence-corrected chi connectivity index (χ2v) is 11.4. The molecule has 0 radical (unpaired) electrons. The third-order valence-electron chi connectivity index (χ3n) is 4.68. The van der Waals surface area contributed by atoms with Crippen LogP contribution >= 0.6 is 0 Å². The normalized spacial score (nSPS) is 12.9. The van der Waals surface area contributed by atoms with Gasteiger partial charge >= 0.3 is 0 Å². The second-order valence-electron chi connectivity index (χ2n) is 7.36. The standard InChI is InChI=1S/C21H28FN3O6S2/c1-5-20(25(32(4,27)28)17-8-6-16(22)7-9-17)21(26)23-14-15-31-18-10-12-19(13-11-18)33(29,30)24(2)3/h6-13,20H,5,14-15H2,1-4H3,(H,23,26)/t20-/m0/s1. The molecule has 33 heavy (non-hydrogen) atoms. The summed E-state index contributed by atoms with van der Waals surface area (Å²) < 4.78 is 69.7. The van der Waals surface area contributed by atoms with E-state index < -0.39 is 37.8 Å². The highest BCUT2D eigenvalue weighted by Crippen LogP contribution is 2.23. The van der Waals surface area contributed by atoms with Gasteiger partial charge in [-0.25, -0.2) is 25.5 Å². The van der Waals surface area contributed by atoms with E-state index in [4.69, 9.17) is 4.74 Å². The van der Waals surface area contributed by atoms with Crippen molar-refractivity contribution in [2.75, 3.05) is 37.8 Å². The molecule has 1 atom stereocenters. The Kier molecular flexibility index (Phi) is 8.81. The first kappa shape index (κ1) is 26.6. The molecule has 9 nitrogen and oxygen atoms in total. The minimum Gasteiger partial charge on any atom is -0.492 e. The number of carbonyl (C=O) groups excluding carboxylic acids is 1. The summed E-state index contributed by atoms with van der Waals surface area (Å²) in [7, 11) is -4.48.